The van der Waals surface area contributed by atoms with Crippen molar-refractivity contribution in [1.82, 2.24) is 15.0 Å². The number of hydrogen-bond donors (Lipinski definition) is 1. The monoisotopic (exact) mass is 373 g/mol. The van der Waals surface area contributed by atoms with Crippen molar-refractivity contribution in [3.8, 4) is 0 Å². The second-order valence-corrected chi connectivity index (χ2v) is 6.54. The zero-order valence-corrected chi connectivity index (χ0v) is 15.7. The molecule has 2 aromatic heterocycles. The molecule has 0 saturated heterocycles. The highest BCUT2D eigenvalue weighted by Crippen LogP contribution is 2.24. The fraction of sp³-hybridized carbons (Fsp3) is 0.182. The Kier molecular flexibility index (Phi) is 4.61. The number of aryl methyl sites for hydroxylation is 2. The maximum absolute atomic E-state index is 12.8. The van der Waals surface area contributed by atoms with Gasteiger partial charge in [0, 0.05) is 5.39 Å². The first-order valence-corrected chi connectivity index (χ1v) is 9.11. The summed E-state index contributed by atoms with van der Waals surface area (Å²) in [5.74, 6) is -0.162. The van der Waals surface area contributed by atoms with Crippen molar-refractivity contribution < 1.29 is 9.53 Å². The van der Waals surface area contributed by atoms with E-state index in [4.69, 9.17) is 4.74 Å². The fourth-order valence-corrected chi connectivity index (χ4v) is 3.38. The Labute approximate surface area is 161 Å². The topological polar surface area (TPSA) is 84.9 Å². The van der Waals surface area contributed by atoms with Crippen LogP contribution in [0.15, 0.2) is 53.3 Å². The number of aromatic nitrogens is 3. The zero-order valence-electron chi connectivity index (χ0n) is 15.7. The van der Waals surface area contributed by atoms with Gasteiger partial charge in [-0.1, -0.05) is 37.3 Å². The van der Waals surface area contributed by atoms with Gasteiger partial charge in [-0.05, 0) is 37.1 Å². The Balaban J connectivity index is 1.66. The van der Waals surface area contributed by atoms with Crippen LogP contribution in [-0.4, -0.2) is 20.9 Å². The molecule has 4 aromatic rings. The SMILES string of the molecule is CCc1nc2ccccc2c(C)c1C(=O)OCc1nc2ccccc2c(=O)[nH]1. The summed E-state index contributed by atoms with van der Waals surface area (Å²) in [7, 11) is 0. The Morgan fingerprint density at radius 1 is 1.00 bits per heavy atom. The molecule has 1 N–H and O–H groups in total. The van der Waals surface area contributed by atoms with E-state index >= 15 is 0 Å². The van der Waals surface area contributed by atoms with E-state index in [0.29, 0.717) is 34.4 Å². The van der Waals surface area contributed by atoms with E-state index < -0.39 is 5.97 Å². The Bertz CT molecular complexity index is 1260. The molecule has 6 nitrogen and oxygen atoms in total. The van der Waals surface area contributed by atoms with Gasteiger partial charge in [-0.2, -0.15) is 0 Å². The number of carbonyl (C=O) groups is 1. The number of carbonyl (C=O) groups excluding carboxylic acids is 1. The number of nitrogens with one attached hydrogen (secondary N) is 1. The van der Waals surface area contributed by atoms with Crippen LogP contribution in [0.4, 0.5) is 0 Å². The summed E-state index contributed by atoms with van der Waals surface area (Å²) in [6.45, 7) is 3.74. The first-order valence-electron chi connectivity index (χ1n) is 9.11. The second kappa shape index (κ2) is 7.23. The molecule has 0 unspecified atom stereocenters. The van der Waals surface area contributed by atoms with Crippen LogP contribution < -0.4 is 5.56 Å². The van der Waals surface area contributed by atoms with E-state index in [9.17, 15) is 9.59 Å². The molecule has 0 spiro atoms. The maximum Gasteiger partial charge on any atom is 0.340 e. The van der Waals surface area contributed by atoms with Crippen LogP contribution in [0.2, 0.25) is 0 Å². The third kappa shape index (κ3) is 3.13. The quantitative estimate of drug-likeness (QED) is 0.551. The molecule has 4 rings (SSSR count). The standard InChI is InChI=1S/C22H19N3O3/c1-3-16-20(13(2)14-8-4-6-10-17(14)23-16)22(27)28-12-19-24-18-11-7-5-9-15(18)21(26)25-19/h4-11H,3,12H2,1-2H3,(H,24,25,26). The van der Waals surface area contributed by atoms with Crippen LogP contribution >= 0.6 is 0 Å². The Morgan fingerprint density at radius 2 is 1.64 bits per heavy atom. The fourth-order valence-electron chi connectivity index (χ4n) is 3.38. The van der Waals surface area contributed by atoms with Crippen molar-refractivity contribution in [1.29, 1.82) is 0 Å². The van der Waals surface area contributed by atoms with Crippen LogP contribution in [-0.2, 0) is 17.8 Å². The molecule has 0 aliphatic rings. The number of hydrogen-bond acceptors (Lipinski definition) is 5. The molecule has 0 bridgehead atoms. The number of aromatic amines is 1. The molecule has 2 heterocycles. The predicted octanol–water partition coefficient (Wildman–Crippen LogP) is 3.70. The smallest absolute Gasteiger partial charge is 0.340 e. The first-order chi connectivity index (χ1) is 13.6. The molecule has 28 heavy (non-hydrogen) atoms. The highest BCUT2D eigenvalue weighted by Gasteiger charge is 2.19. The number of pyridine rings is 1. The largest absolute Gasteiger partial charge is 0.454 e. The average molecular weight is 373 g/mol. The van der Waals surface area contributed by atoms with Gasteiger partial charge in [0.05, 0.1) is 27.7 Å². The average Bonchev–Trinajstić information content (AvgIpc) is 2.72. The van der Waals surface area contributed by atoms with Crippen molar-refractivity contribution >= 4 is 27.8 Å². The number of ether oxygens (including phenoxy) is 1. The number of esters is 1. The van der Waals surface area contributed by atoms with Gasteiger partial charge < -0.3 is 9.72 Å². The lowest BCUT2D eigenvalue weighted by Crippen LogP contribution is -2.16. The van der Waals surface area contributed by atoms with Crippen LogP contribution in [0.1, 0.15) is 34.4 Å². The number of H-pyrrole nitrogens is 1. The van der Waals surface area contributed by atoms with Gasteiger partial charge >= 0.3 is 5.97 Å². The van der Waals surface area contributed by atoms with Crippen molar-refractivity contribution in [3.05, 3.63) is 81.5 Å². The lowest BCUT2D eigenvalue weighted by molar-refractivity contribution is 0.0460. The molecule has 0 saturated carbocycles. The molecular weight excluding hydrogens is 354 g/mol. The van der Waals surface area contributed by atoms with Gasteiger partial charge in [-0.25, -0.2) is 9.78 Å². The van der Waals surface area contributed by atoms with Gasteiger partial charge in [-0.15, -0.1) is 0 Å². The van der Waals surface area contributed by atoms with Crippen molar-refractivity contribution in [2.45, 2.75) is 26.9 Å². The number of benzene rings is 2. The molecule has 0 radical (unpaired) electrons. The van der Waals surface area contributed by atoms with E-state index in [1.165, 1.54) is 0 Å². The third-order valence-electron chi connectivity index (χ3n) is 4.77. The normalized spacial score (nSPS) is 11.1. The number of para-hydroxylation sites is 2. The maximum atomic E-state index is 12.8. The number of nitrogens with zero attached hydrogens (tertiary/aromatic N) is 2. The lowest BCUT2D eigenvalue weighted by atomic mass is 10.0. The lowest BCUT2D eigenvalue weighted by Gasteiger charge is -2.13. The van der Waals surface area contributed by atoms with Gasteiger partial charge in [0.25, 0.3) is 5.56 Å². The number of fused-ring (bicyclic) bond motifs is 2. The van der Waals surface area contributed by atoms with Crippen molar-refractivity contribution in [3.63, 3.8) is 0 Å². The Hall–Kier alpha value is -3.54. The molecular formula is C22H19N3O3. The van der Waals surface area contributed by atoms with Gasteiger partial charge in [0.1, 0.15) is 12.4 Å². The van der Waals surface area contributed by atoms with Crippen molar-refractivity contribution in [2.75, 3.05) is 0 Å². The predicted molar refractivity (Wildman–Crippen MR) is 107 cm³/mol. The van der Waals surface area contributed by atoms with Gasteiger partial charge in [0.2, 0.25) is 0 Å². The summed E-state index contributed by atoms with van der Waals surface area (Å²) in [5, 5.41) is 1.42. The van der Waals surface area contributed by atoms with Gasteiger partial charge in [-0.3, -0.25) is 9.78 Å². The molecule has 2 aromatic carbocycles. The molecule has 0 aliphatic heterocycles. The third-order valence-corrected chi connectivity index (χ3v) is 4.77. The summed E-state index contributed by atoms with van der Waals surface area (Å²) < 4.78 is 5.48. The summed E-state index contributed by atoms with van der Waals surface area (Å²) in [6.07, 6.45) is 0.612. The molecule has 6 heteroatoms. The van der Waals surface area contributed by atoms with Crippen LogP contribution in [0.5, 0.6) is 0 Å². The highest BCUT2D eigenvalue weighted by molar-refractivity contribution is 5.98. The molecule has 0 aliphatic carbocycles. The molecule has 140 valence electrons. The van der Waals surface area contributed by atoms with Crippen LogP contribution in [0.25, 0.3) is 21.8 Å². The molecule has 0 atom stereocenters. The summed E-state index contributed by atoms with van der Waals surface area (Å²) in [4.78, 5) is 36.6. The van der Waals surface area contributed by atoms with E-state index in [-0.39, 0.29) is 12.2 Å². The zero-order chi connectivity index (χ0) is 19.7. The van der Waals surface area contributed by atoms with E-state index in [1.807, 2.05) is 44.2 Å². The summed E-state index contributed by atoms with van der Waals surface area (Å²) >= 11 is 0. The molecule has 0 fully saturated rings. The Morgan fingerprint density at radius 3 is 2.36 bits per heavy atom. The molecule has 0 amide bonds. The summed E-state index contributed by atoms with van der Waals surface area (Å²) in [5.41, 5.74) is 3.18. The highest BCUT2D eigenvalue weighted by atomic mass is 16.5. The first kappa shape index (κ1) is 17.9. The van der Waals surface area contributed by atoms with Crippen LogP contribution in [0, 0.1) is 6.92 Å². The minimum Gasteiger partial charge on any atom is -0.454 e. The minimum absolute atomic E-state index is 0.117. The van der Waals surface area contributed by atoms with E-state index in [2.05, 4.69) is 15.0 Å². The van der Waals surface area contributed by atoms with Gasteiger partial charge in [0.15, 0.2) is 0 Å². The second-order valence-electron chi connectivity index (χ2n) is 6.54. The van der Waals surface area contributed by atoms with Crippen LogP contribution in [0.3, 0.4) is 0 Å². The van der Waals surface area contributed by atoms with E-state index in [0.717, 1.165) is 16.5 Å². The summed E-state index contributed by atoms with van der Waals surface area (Å²) in [6, 6.07) is 14.8. The number of rotatable bonds is 4. The van der Waals surface area contributed by atoms with Crippen molar-refractivity contribution in [2.24, 2.45) is 0 Å². The minimum atomic E-state index is -0.469. The van der Waals surface area contributed by atoms with E-state index in [1.54, 1.807) is 18.2 Å².